The molecule has 0 aliphatic carbocycles. The van der Waals surface area contributed by atoms with E-state index in [9.17, 15) is 18.0 Å². The molecule has 25 heavy (non-hydrogen) atoms. The highest BCUT2D eigenvalue weighted by Gasteiger charge is 2.46. The van der Waals surface area contributed by atoms with Gasteiger partial charge in [-0.15, -0.1) is 4.31 Å². The molecule has 1 aliphatic heterocycles. The van der Waals surface area contributed by atoms with E-state index in [2.05, 4.69) is 5.32 Å². The molecule has 1 heterocycles. The van der Waals surface area contributed by atoms with Crippen LogP contribution in [-0.2, 0) is 21.2 Å². The highest BCUT2D eigenvalue weighted by molar-refractivity contribution is 7.90. The predicted molar refractivity (Wildman–Crippen MR) is 93.0 cm³/mol. The Morgan fingerprint density at radius 1 is 1.00 bits per heavy atom. The molecule has 1 fully saturated rings. The van der Waals surface area contributed by atoms with Crippen LogP contribution in [0.1, 0.15) is 5.56 Å². The van der Waals surface area contributed by atoms with Crippen LogP contribution < -0.4 is 5.32 Å². The highest BCUT2D eigenvalue weighted by atomic mass is 35.5. The summed E-state index contributed by atoms with van der Waals surface area (Å²) in [5, 5.41) is 2.58. The molecule has 0 bridgehead atoms. The summed E-state index contributed by atoms with van der Waals surface area (Å²) in [6, 6.07) is 10.6. The number of urea groups is 1. The number of imide groups is 1. The molecule has 0 saturated carbocycles. The first-order chi connectivity index (χ1) is 11.8. The van der Waals surface area contributed by atoms with Crippen LogP contribution in [-0.4, -0.2) is 30.7 Å². The molecule has 1 saturated heterocycles. The Hall–Kier alpha value is -2.09. The van der Waals surface area contributed by atoms with Crippen molar-refractivity contribution < 1.29 is 18.0 Å². The van der Waals surface area contributed by atoms with Gasteiger partial charge in [-0.05, 0) is 23.8 Å². The van der Waals surface area contributed by atoms with Crippen LogP contribution >= 0.6 is 23.2 Å². The van der Waals surface area contributed by atoms with E-state index in [1.807, 2.05) is 6.07 Å². The molecule has 0 unspecified atom stereocenters. The van der Waals surface area contributed by atoms with E-state index in [0.717, 1.165) is 11.6 Å². The van der Waals surface area contributed by atoms with Gasteiger partial charge in [-0.3, -0.25) is 4.79 Å². The topological polar surface area (TPSA) is 83.6 Å². The number of nitrogens with one attached hydrogen (secondary N) is 1. The zero-order chi connectivity index (χ0) is 18.2. The fourth-order valence-electron chi connectivity index (χ4n) is 2.47. The van der Waals surface area contributed by atoms with Gasteiger partial charge in [-0.1, -0.05) is 53.5 Å². The molecule has 3 rings (SSSR count). The number of hydrogen-bond acceptors (Lipinski definition) is 4. The number of amides is 3. The zero-order valence-corrected chi connectivity index (χ0v) is 15.0. The molecule has 1 atom stereocenters. The Morgan fingerprint density at radius 3 is 2.32 bits per heavy atom. The molecule has 1 aliphatic rings. The largest absolute Gasteiger partial charge is 0.339 e. The van der Waals surface area contributed by atoms with Gasteiger partial charge in [0, 0.05) is 6.42 Å². The van der Waals surface area contributed by atoms with E-state index in [-0.39, 0.29) is 25.7 Å². The van der Waals surface area contributed by atoms with Gasteiger partial charge in [0.1, 0.15) is 6.04 Å². The average Bonchev–Trinajstić information content (AvgIpc) is 2.85. The van der Waals surface area contributed by atoms with Gasteiger partial charge in [0.2, 0.25) is 0 Å². The van der Waals surface area contributed by atoms with Crippen molar-refractivity contribution in [3.8, 4) is 0 Å². The monoisotopic (exact) mass is 398 g/mol. The summed E-state index contributed by atoms with van der Waals surface area (Å²) in [4.78, 5) is 24.3. The van der Waals surface area contributed by atoms with Crippen molar-refractivity contribution >= 4 is 45.2 Å². The maximum absolute atomic E-state index is 12.7. The van der Waals surface area contributed by atoms with E-state index in [0.29, 0.717) is 0 Å². The number of sulfonamides is 1. The van der Waals surface area contributed by atoms with Crippen LogP contribution in [0.4, 0.5) is 4.79 Å². The Morgan fingerprint density at radius 2 is 1.68 bits per heavy atom. The lowest BCUT2D eigenvalue weighted by molar-refractivity contribution is -0.124. The fourth-order valence-corrected chi connectivity index (χ4v) is 4.19. The summed E-state index contributed by atoms with van der Waals surface area (Å²) >= 11 is 11.6. The number of carbonyl (C=O) groups is 2. The molecule has 9 heteroatoms. The van der Waals surface area contributed by atoms with Gasteiger partial charge in [-0.2, -0.15) is 0 Å². The molecule has 2 aromatic rings. The summed E-state index contributed by atoms with van der Waals surface area (Å²) in [6.07, 6.45) is 0.193. The Balaban J connectivity index is 1.90. The maximum Gasteiger partial charge on any atom is 0.339 e. The van der Waals surface area contributed by atoms with E-state index < -0.39 is 28.0 Å². The van der Waals surface area contributed by atoms with Crippen LogP contribution in [0.3, 0.4) is 0 Å². The minimum Gasteiger partial charge on any atom is -0.325 e. The summed E-state index contributed by atoms with van der Waals surface area (Å²) < 4.78 is 25.6. The minimum atomic E-state index is -4.37. The second-order valence-corrected chi connectivity index (χ2v) is 7.98. The summed E-state index contributed by atoms with van der Waals surface area (Å²) in [5.74, 6) is -0.833. The van der Waals surface area contributed by atoms with Crippen molar-refractivity contribution in [3.63, 3.8) is 0 Å². The second kappa shape index (κ2) is 6.67. The second-order valence-electron chi connectivity index (χ2n) is 5.38. The number of benzene rings is 2. The predicted octanol–water partition coefficient (Wildman–Crippen LogP) is 2.85. The lowest BCUT2D eigenvalue weighted by atomic mass is 10.1. The molecule has 0 spiro atoms. The van der Waals surface area contributed by atoms with Gasteiger partial charge in [0.05, 0.1) is 14.9 Å². The average molecular weight is 399 g/mol. The van der Waals surface area contributed by atoms with E-state index >= 15 is 0 Å². The Kier molecular flexibility index (Phi) is 4.73. The standard InChI is InChI=1S/C16H12Cl2N2O4S/c17-12-7-6-11(9-13(12)18)25(23,24)20-15(21)14(19-16(20)22)8-10-4-2-1-3-5-10/h1-7,9,14H,8H2,(H,19,22)/t14-/m0/s1. The van der Waals surface area contributed by atoms with Gasteiger partial charge in [0.25, 0.3) is 15.9 Å². The van der Waals surface area contributed by atoms with Crippen LogP contribution in [0.25, 0.3) is 0 Å². The Labute approximate surface area is 154 Å². The highest BCUT2D eigenvalue weighted by Crippen LogP contribution is 2.28. The fraction of sp³-hybridized carbons (Fsp3) is 0.125. The van der Waals surface area contributed by atoms with Crippen molar-refractivity contribution in [2.45, 2.75) is 17.4 Å². The number of hydrogen-bond donors (Lipinski definition) is 1. The normalized spacial score (nSPS) is 17.7. The smallest absolute Gasteiger partial charge is 0.325 e. The molecule has 0 radical (unpaired) electrons. The number of halogens is 2. The molecule has 6 nitrogen and oxygen atoms in total. The Bertz CT molecular complexity index is 948. The van der Waals surface area contributed by atoms with Crippen molar-refractivity contribution in [2.75, 3.05) is 0 Å². The third kappa shape index (κ3) is 3.35. The van der Waals surface area contributed by atoms with Crippen LogP contribution in [0, 0.1) is 0 Å². The molecular weight excluding hydrogens is 387 g/mol. The third-order valence-corrected chi connectivity index (χ3v) is 6.11. The van der Waals surface area contributed by atoms with Crippen molar-refractivity contribution in [2.24, 2.45) is 0 Å². The van der Waals surface area contributed by atoms with Crippen LogP contribution in [0.2, 0.25) is 10.0 Å². The number of nitrogens with zero attached hydrogens (tertiary/aromatic N) is 1. The van der Waals surface area contributed by atoms with Gasteiger partial charge >= 0.3 is 6.03 Å². The van der Waals surface area contributed by atoms with Crippen molar-refractivity contribution in [3.05, 3.63) is 64.1 Å². The van der Waals surface area contributed by atoms with Crippen molar-refractivity contribution in [1.82, 2.24) is 9.62 Å². The summed E-state index contributed by atoms with van der Waals surface area (Å²) in [5.41, 5.74) is 0.801. The molecule has 0 aromatic heterocycles. The quantitative estimate of drug-likeness (QED) is 0.802. The minimum absolute atomic E-state index is 0.00984. The number of rotatable bonds is 4. The van der Waals surface area contributed by atoms with E-state index in [4.69, 9.17) is 23.2 Å². The summed E-state index contributed by atoms with van der Waals surface area (Å²) in [6.45, 7) is 0. The van der Waals surface area contributed by atoms with Gasteiger partial charge in [-0.25, -0.2) is 13.2 Å². The first-order valence-corrected chi connectivity index (χ1v) is 9.39. The summed E-state index contributed by atoms with van der Waals surface area (Å²) in [7, 11) is -4.37. The SMILES string of the molecule is O=C1N[C@@H](Cc2ccccc2)C(=O)N1S(=O)(=O)c1ccc(Cl)c(Cl)c1. The number of carbonyl (C=O) groups excluding carboxylic acids is 2. The van der Waals surface area contributed by atoms with Crippen LogP contribution in [0.5, 0.6) is 0 Å². The molecular formula is C16H12Cl2N2O4S. The molecule has 3 amide bonds. The first-order valence-electron chi connectivity index (χ1n) is 7.19. The third-order valence-electron chi connectivity index (χ3n) is 3.69. The lowest BCUT2D eigenvalue weighted by Gasteiger charge is -2.14. The first kappa shape index (κ1) is 17.7. The van der Waals surface area contributed by atoms with Gasteiger partial charge in [0.15, 0.2) is 0 Å². The molecule has 1 N–H and O–H groups in total. The molecule has 2 aromatic carbocycles. The lowest BCUT2D eigenvalue weighted by Crippen LogP contribution is -2.37. The van der Waals surface area contributed by atoms with Crippen LogP contribution in [0.15, 0.2) is 53.4 Å². The van der Waals surface area contributed by atoms with E-state index in [1.165, 1.54) is 12.1 Å². The maximum atomic E-state index is 12.7. The van der Waals surface area contributed by atoms with Gasteiger partial charge < -0.3 is 5.32 Å². The van der Waals surface area contributed by atoms with Crippen molar-refractivity contribution in [1.29, 1.82) is 0 Å². The van der Waals surface area contributed by atoms with E-state index in [1.54, 1.807) is 24.3 Å². The zero-order valence-electron chi connectivity index (χ0n) is 12.6. The molecule has 130 valence electrons.